The van der Waals surface area contributed by atoms with Crippen molar-refractivity contribution in [2.24, 2.45) is 5.41 Å². The second kappa shape index (κ2) is 10.1. The van der Waals surface area contributed by atoms with Gasteiger partial charge in [0.1, 0.15) is 5.75 Å². The van der Waals surface area contributed by atoms with E-state index in [-0.39, 0.29) is 23.4 Å². The first-order valence-electron chi connectivity index (χ1n) is 11.4. The second-order valence-corrected chi connectivity index (χ2v) is 10.8. The van der Waals surface area contributed by atoms with Gasteiger partial charge in [0.25, 0.3) is 5.91 Å². The molecule has 0 aromatic heterocycles. The molecule has 1 atom stereocenters. The molecule has 2 aromatic rings. The largest absolute Gasteiger partial charge is 0.497 e. The van der Waals surface area contributed by atoms with Gasteiger partial charge in [-0.1, -0.05) is 32.0 Å². The van der Waals surface area contributed by atoms with Crippen LogP contribution in [0.3, 0.4) is 0 Å². The molecule has 2 aromatic carbocycles. The summed E-state index contributed by atoms with van der Waals surface area (Å²) in [5.74, 6) is -0.331. The van der Waals surface area contributed by atoms with E-state index in [9.17, 15) is 18.0 Å². The molecule has 0 bridgehead atoms. The van der Waals surface area contributed by atoms with Crippen molar-refractivity contribution in [2.45, 2.75) is 33.7 Å². The fourth-order valence-corrected chi connectivity index (χ4v) is 6.37. The molecule has 0 radical (unpaired) electrons. The Morgan fingerprint density at radius 2 is 1.79 bits per heavy atom. The highest BCUT2D eigenvalue weighted by Crippen LogP contribution is 2.36. The number of hydrogen-bond acceptors (Lipinski definition) is 6. The molecule has 0 saturated carbocycles. The maximum Gasteiger partial charge on any atom is 0.251 e. The summed E-state index contributed by atoms with van der Waals surface area (Å²) >= 11 is 0. The molecular formula is C25H33N3O5S. The summed E-state index contributed by atoms with van der Waals surface area (Å²) in [6, 6.07) is 13.9. The molecule has 8 nitrogen and oxygen atoms in total. The van der Waals surface area contributed by atoms with Gasteiger partial charge in [-0.2, -0.15) is 0 Å². The first-order chi connectivity index (χ1) is 16.0. The van der Waals surface area contributed by atoms with Gasteiger partial charge >= 0.3 is 0 Å². The smallest absolute Gasteiger partial charge is 0.251 e. The zero-order valence-corrected chi connectivity index (χ0v) is 21.2. The van der Waals surface area contributed by atoms with Crippen molar-refractivity contribution < 1.29 is 22.7 Å². The number of sulfonamides is 1. The van der Waals surface area contributed by atoms with Gasteiger partial charge in [0, 0.05) is 12.1 Å². The van der Waals surface area contributed by atoms with E-state index in [4.69, 9.17) is 4.74 Å². The fraction of sp³-hybridized carbons (Fsp3) is 0.440. The van der Waals surface area contributed by atoms with E-state index < -0.39 is 21.3 Å². The molecule has 1 saturated heterocycles. The molecule has 34 heavy (non-hydrogen) atoms. The van der Waals surface area contributed by atoms with Crippen LogP contribution in [-0.2, 0) is 14.8 Å². The van der Waals surface area contributed by atoms with E-state index in [2.05, 4.69) is 24.1 Å². The normalized spacial score (nSPS) is 17.6. The first-order valence-corrected chi connectivity index (χ1v) is 13.0. The molecule has 3 rings (SSSR count). The van der Waals surface area contributed by atoms with Crippen molar-refractivity contribution >= 4 is 27.5 Å². The molecule has 0 spiro atoms. The van der Waals surface area contributed by atoms with Gasteiger partial charge in [-0.15, -0.1) is 0 Å². The summed E-state index contributed by atoms with van der Waals surface area (Å²) in [4.78, 5) is 28.0. The standard InChI is InChI=1S/C25H33N3O5S/c1-6-27(7-2)22(18-11-13-21(33-5)14-12-18)16-26-23(29)19-9-8-10-20(15-19)28-24(30)25(3,4)17-34(28,31)32/h8-15,22H,6-7,16-17H2,1-5H3,(H,26,29). The topological polar surface area (TPSA) is 96.0 Å². The number of amides is 2. The van der Waals surface area contributed by atoms with Crippen molar-refractivity contribution in [3.63, 3.8) is 0 Å². The van der Waals surface area contributed by atoms with Gasteiger partial charge in [0.2, 0.25) is 15.9 Å². The molecule has 0 aliphatic carbocycles. The number of rotatable bonds is 9. The number of anilines is 1. The number of hydrogen-bond donors (Lipinski definition) is 1. The second-order valence-electron chi connectivity index (χ2n) is 8.98. The van der Waals surface area contributed by atoms with Crippen molar-refractivity contribution in [1.29, 1.82) is 0 Å². The Hall–Kier alpha value is -2.91. The van der Waals surface area contributed by atoms with Crippen LogP contribution in [0.4, 0.5) is 5.69 Å². The third kappa shape index (κ3) is 5.26. The van der Waals surface area contributed by atoms with Gasteiger partial charge in [0.05, 0.1) is 30.0 Å². The van der Waals surface area contributed by atoms with Crippen molar-refractivity contribution in [3.05, 3.63) is 59.7 Å². The van der Waals surface area contributed by atoms with Crippen LogP contribution < -0.4 is 14.4 Å². The highest BCUT2D eigenvalue weighted by molar-refractivity contribution is 7.94. The number of ether oxygens (including phenoxy) is 1. The van der Waals surface area contributed by atoms with Crippen molar-refractivity contribution in [3.8, 4) is 5.75 Å². The molecule has 1 unspecified atom stereocenters. The Bertz CT molecular complexity index is 1140. The van der Waals surface area contributed by atoms with Gasteiger partial charge in [0.15, 0.2) is 0 Å². The van der Waals surface area contributed by atoms with Crippen LogP contribution in [0.25, 0.3) is 0 Å². The maximum absolute atomic E-state index is 13.0. The van der Waals surface area contributed by atoms with E-state index in [1.165, 1.54) is 12.1 Å². The summed E-state index contributed by atoms with van der Waals surface area (Å²) in [6.07, 6.45) is 0. The van der Waals surface area contributed by atoms with Crippen LogP contribution >= 0.6 is 0 Å². The summed E-state index contributed by atoms with van der Waals surface area (Å²) in [7, 11) is -2.17. The molecule has 1 fully saturated rings. The van der Waals surface area contributed by atoms with Crippen molar-refractivity contribution in [1.82, 2.24) is 10.2 Å². The molecule has 1 heterocycles. The minimum Gasteiger partial charge on any atom is -0.497 e. The summed E-state index contributed by atoms with van der Waals surface area (Å²) in [5, 5.41) is 2.98. The predicted octanol–water partition coefficient (Wildman–Crippen LogP) is 3.21. The quantitative estimate of drug-likeness (QED) is 0.584. The molecule has 9 heteroatoms. The Balaban J connectivity index is 1.81. The van der Waals surface area contributed by atoms with E-state index in [0.717, 1.165) is 28.7 Å². The van der Waals surface area contributed by atoms with E-state index in [0.29, 0.717) is 12.1 Å². The van der Waals surface area contributed by atoms with E-state index >= 15 is 0 Å². The van der Waals surface area contributed by atoms with Gasteiger partial charge in [-0.25, -0.2) is 12.7 Å². The molecule has 2 amide bonds. The average Bonchev–Trinajstić information content (AvgIpc) is 2.98. The van der Waals surface area contributed by atoms with E-state index in [1.54, 1.807) is 33.1 Å². The highest BCUT2D eigenvalue weighted by Gasteiger charge is 2.50. The Morgan fingerprint density at radius 3 is 2.32 bits per heavy atom. The Labute approximate surface area is 201 Å². The number of carbonyl (C=O) groups is 2. The number of methoxy groups -OCH3 is 1. The summed E-state index contributed by atoms with van der Waals surface area (Å²) in [6.45, 7) is 9.34. The third-order valence-corrected chi connectivity index (χ3v) is 8.16. The zero-order valence-electron chi connectivity index (χ0n) is 20.4. The number of nitrogens with zero attached hydrogens (tertiary/aromatic N) is 2. The number of carbonyl (C=O) groups excluding carboxylic acids is 2. The fourth-order valence-electron chi connectivity index (χ4n) is 4.27. The lowest BCUT2D eigenvalue weighted by atomic mass is 9.95. The highest BCUT2D eigenvalue weighted by atomic mass is 32.2. The van der Waals surface area contributed by atoms with Crippen LogP contribution in [0.1, 0.15) is 49.7 Å². The Morgan fingerprint density at radius 1 is 1.15 bits per heavy atom. The SMILES string of the molecule is CCN(CC)C(CNC(=O)c1cccc(N2C(=O)C(C)(C)CS2(=O)=O)c1)c1ccc(OC)cc1. The monoisotopic (exact) mass is 487 g/mol. The Kier molecular flexibility index (Phi) is 7.67. The molecule has 1 N–H and O–H groups in total. The molecular weight excluding hydrogens is 454 g/mol. The lowest BCUT2D eigenvalue weighted by Gasteiger charge is -2.30. The van der Waals surface area contributed by atoms with Crippen LogP contribution in [0.15, 0.2) is 48.5 Å². The van der Waals surface area contributed by atoms with Crippen LogP contribution in [0, 0.1) is 5.41 Å². The minimum atomic E-state index is -3.79. The molecule has 1 aliphatic heterocycles. The minimum absolute atomic E-state index is 0.0469. The van der Waals surface area contributed by atoms with Crippen LogP contribution in [0.5, 0.6) is 5.75 Å². The van der Waals surface area contributed by atoms with E-state index in [1.807, 2.05) is 24.3 Å². The third-order valence-electron chi connectivity index (χ3n) is 6.14. The van der Waals surface area contributed by atoms with Gasteiger partial charge in [-0.05, 0) is 62.8 Å². The number of nitrogens with one attached hydrogen (secondary N) is 1. The van der Waals surface area contributed by atoms with Crippen molar-refractivity contribution in [2.75, 3.05) is 36.8 Å². The lowest BCUT2D eigenvalue weighted by molar-refractivity contribution is -0.123. The average molecular weight is 488 g/mol. The number of likely N-dealkylation sites (N-methyl/N-ethyl adjacent to an activating group) is 1. The molecule has 1 aliphatic rings. The summed E-state index contributed by atoms with van der Waals surface area (Å²) in [5.41, 5.74) is 0.512. The predicted molar refractivity (Wildman–Crippen MR) is 132 cm³/mol. The number of benzene rings is 2. The van der Waals surface area contributed by atoms with Gasteiger partial charge in [-0.3, -0.25) is 14.5 Å². The molecule has 184 valence electrons. The van der Waals surface area contributed by atoms with Crippen LogP contribution in [0.2, 0.25) is 0 Å². The maximum atomic E-state index is 13.0. The lowest BCUT2D eigenvalue weighted by Crippen LogP contribution is -2.38. The summed E-state index contributed by atoms with van der Waals surface area (Å²) < 4.78 is 31.3. The first kappa shape index (κ1) is 25.7. The van der Waals surface area contributed by atoms with Gasteiger partial charge < -0.3 is 10.1 Å². The zero-order chi connectivity index (χ0) is 25.1. The van der Waals surface area contributed by atoms with Crippen LogP contribution in [-0.4, -0.2) is 57.6 Å².